The smallest absolute Gasteiger partial charge is 0.0849 e. The molecule has 0 aliphatic carbocycles. The van der Waals surface area contributed by atoms with Crippen molar-refractivity contribution < 1.29 is 5.11 Å². The van der Waals surface area contributed by atoms with Gasteiger partial charge in [-0.15, -0.1) is 0 Å². The molecule has 0 saturated heterocycles. The number of aliphatic hydroxyl groups is 1. The predicted octanol–water partition coefficient (Wildman–Crippen LogP) is 0.785. The van der Waals surface area contributed by atoms with Crippen LogP contribution in [0.5, 0.6) is 0 Å². The summed E-state index contributed by atoms with van der Waals surface area (Å²) in [6.45, 7) is 3.06. The summed E-state index contributed by atoms with van der Waals surface area (Å²) in [7, 11) is 0. The summed E-state index contributed by atoms with van der Waals surface area (Å²) in [5.74, 6) is 0. The van der Waals surface area contributed by atoms with Crippen LogP contribution in [0, 0.1) is 0 Å². The third kappa shape index (κ3) is 1.36. The average Bonchev–Trinajstić information content (AvgIpc) is 2.36. The van der Waals surface area contributed by atoms with E-state index < -0.39 is 0 Å². The van der Waals surface area contributed by atoms with Crippen LogP contribution in [-0.4, -0.2) is 14.9 Å². The Morgan fingerprint density at radius 1 is 1.70 bits per heavy atom. The summed E-state index contributed by atoms with van der Waals surface area (Å²) in [6, 6.07) is 1.83. The van der Waals surface area contributed by atoms with Gasteiger partial charge in [0, 0.05) is 12.7 Å². The minimum atomic E-state index is 0.0833. The van der Waals surface area contributed by atoms with Gasteiger partial charge in [-0.1, -0.05) is 6.92 Å². The van der Waals surface area contributed by atoms with E-state index in [0.29, 0.717) is 0 Å². The van der Waals surface area contributed by atoms with Crippen molar-refractivity contribution >= 4 is 0 Å². The molecule has 0 radical (unpaired) electrons. The Hall–Kier alpha value is -0.830. The van der Waals surface area contributed by atoms with E-state index in [1.165, 1.54) is 0 Å². The third-order valence-corrected chi connectivity index (χ3v) is 1.40. The molecule has 56 valence electrons. The van der Waals surface area contributed by atoms with Crippen LogP contribution >= 0.6 is 0 Å². The van der Waals surface area contributed by atoms with Crippen molar-refractivity contribution in [2.45, 2.75) is 26.5 Å². The lowest BCUT2D eigenvalue weighted by Crippen LogP contribution is -2.03. The minimum absolute atomic E-state index is 0.0833. The number of hydrogen-bond acceptors (Lipinski definition) is 2. The molecule has 0 saturated carbocycles. The Bertz CT molecular complexity index is 195. The van der Waals surface area contributed by atoms with Crippen LogP contribution in [0.2, 0.25) is 0 Å². The van der Waals surface area contributed by atoms with Crippen molar-refractivity contribution in [1.82, 2.24) is 9.78 Å². The van der Waals surface area contributed by atoms with Gasteiger partial charge in [0.1, 0.15) is 0 Å². The summed E-state index contributed by atoms with van der Waals surface area (Å²) in [5.41, 5.74) is 0.891. The first-order valence-corrected chi connectivity index (χ1v) is 3.50. The molecule has 0 atom stereocenters. The molecule has 0 amide bonds. The van der Waals surface area contributed by atoms with Gasteiger partial charge in [0.15, 0.2) is 0 Å². The summed E-state index contributed by atoms with van der Waals surface area (Å²) < 4.78 is 1.82. The van der Waals surface area contributed by atoms with E-state index in [1.54, 1.807) is 6.20 Å². The SMILES string of the molecule is CCCn1nccc1CO. The molecule has 1 heterocycles. The lowest BCUT2D eigenvalue weighted by molar-refractivity contribution is 0.267. The van der Waals surface area contributed by atoms with Crippen molar-refractivity contribution in [2.24, 2.45) is 0 Å². The molecule has 0 fully saturated rings. The van der Waals surface area contributed by atoms with Gasteiger partial charge in [0.2, 0.25) is 0 Å². The second-order valence-corrected chi connectivity index (χ2v) is 2.20. The molecule has 1 N–H and O–H groups in total. The highest BCUT2D eigenvalue weighted by atomic mass is 16.3. The molecule has 3 heteroatoms. The van der Waals surface area contributed by atoms with Crippen LogP contribution < -0.4 is 0 Å². The number of aryl methyl sites for hydroxylation is 1. The summed E-state index contributed by atoms with van der Waals surface area (Å²) >= 11 is 0. The topological polar surface area (TPSA) is 38.0 Å². The molecule has 0 aliphatic rings. The van der Waals surface area contributed by atoms with E-state index in [1.807, 2.05) is 10.7 Å². The lowest BCUT2D eigenvalue weighted by atomic mass is 10.4. The Labute approximate surface area is 60.3 Å². The van der Waals surface area contributed by atoms with Crippen molar-refractivity contribution in [1.29, 1.82) is 0 Å². The van der Waals surface area contributed by atoms with Gasteiger partial charge in [-0.2, -0.15) is 5.10 Å². The first-order valence-electron chi connectivity index (χ1n) is 3.50. The maximum absolute atomic E-state index is 8.77. The predicted molar refractivity (Wildman–Crippen MR) is 38.4 cm³/mol. The number of rotatable bonds is 3. The van der Waals surface area contributed by atoms with Crippen LogP contribution in [0.4, 0.5) is 0 Å². The average molecular weight is 140 g/mol. The Kier molecular flexibility index (Phi) is 2.45. The standard InChI is InChI=1S/C7H12N2O/c1-2-5-9-7(6-10)3-4-8-9/h3-4,10H,2,5-6H2,1H3. The largest absolute Gasteiger partial charge is 0.390 e. The van der Waals surface area contributed by atoms with Crippen LogP contribution in [0.15, 0.2) is 12.3 Å². The van der Waals surface area contributed by atoms with Crippen molar-refractivity contribution in [3.8, 4) is 0 Å². The fourth-order valence-electron chi connectivity index (χ4n) is 0.908. The van der Waals surface area contributed by atoms with E-state index in [0.717, 1.165) is 18.7 Å². The van der Waals surface area contributed by atoms with Crippen LogP contribution in [0.25, 0.3) is 0 Å². The number of aromatic nitrogens is 2. The normalized spacial score (nSPS) is 10.2. The van der Waals surface area contributed by atoms with Gasteiger partial charge < -0.3 is 5.11 Å². The van der Waals surface area contributed by atoms with Crippen molar-refractivity contribution in [2.75, 3.05) is 0 Å². The lowest BCUT2D eigenvalue weighted by Gasteiger charge is -2.01. The summed E-state index contributed by atoms with van der Waals surface area (Å²) in [5, 5.41) is 12.8. The molecule has 0 spiro atoms. The molecule has 3 nitrogen and oxygen atoms in total. The van der Waals surface area contributed by atoms with Crippen LogP contribution in [0.1, 0.15) is 19.0 Å². The van der Waals surface area contributed by atoms with E-state index in [-0.39, 0.29) is 6.61 Å². The molecule has 10 heavy (non-hydrogen) atoms. The van der Waals surface area contributed by atoms with Gasteiger partial charge in [0.25, 0.3) is 0 Å². The fourth-order valence-corrected chi connectivity index (χ4v) is 0.908. The maximum Gasteiger partial charge on any atom is 0.0849 e. The van der Waals surface area contributed by atoms with Crippen molar-refractivity contribution in [3.05, 3.63) is 18.0 Å². The number of aliphatic hydroxyl groups excluding tert-OH is 1. The molecule has 0 aliphatic heterocycles. The highest BCUT2D eigenvalue weighted by Crippen LogP contribution is 1.98. The number of hydrogen-bond donors (Lipinski definition) is 1. The zero-order chi connectivity index (χ0) is 7.40. The summed E-state index contributed by atoms with van der Waals surface area (Å²) in [4.78, 5) is 0. The zero-order valence-corrected chi connectivity index (χ0v) is 6.12. The molecular formula is C7H12N2O. The van der Waals surface area contributed by atoms with E-state index in [4.69, 9.17) is 5.11 Å². The Morgan fingerprint density at radius 2 is 2.50 bits per heavy atom. The van der Waals surface area contributed by atoms with Crippen LogP contribution in [-0.2, 0) is 13.2 Å². The van der Waals surface area contributed by atoms with Gasteiger partial charge in [-0.3, -0.25) is 4.68 Å². The van der Waals surface area contributed by atoms with Gasteiger partial charge in [-0.05, 0) is 12.5 Å². The monoisotopic (exact) mass is 140 g/mol. The number of nitrogens with zero attached hydrogens (tertiary/aromatic N) is 2. The first-order chi connectivity index (χ1) is 4.88. The fraction of sp³-hybridized carbons (Fsp3) is 0.571. The second kappa shape index (κ2) is 3.37. The molecule has 1 rings (SSSR count). The van der Waals surface area contributed by atoms with E-state index in [9.17, 15) is 0 Å². The molecular weight excluding hydrogens is 128 g/mol. The van der Waals surface area contributed by atoms with Gasteiger partial charge >= 0.3 is 0 Å². The first kappa shape index (κ1) is 7.28. The molecule has 0 unspecified atom stereocenters. The quantitative estimate of drug-likeness (QED) is 0.674. The Morgan fingerprint density at radius 3 is 3.10 bits per heavy atom. The Balaban J connectivity index is 2.70. The van der Waals surface area contributed by atoms with E-state index in [2.05, 4.69) is 12.0 Å². The maximum atomic E-state index is 8.77. The summed E-state index contributed by atoms with van der Waals surface area (Å²) in [6.07, 6.45) is 2.76. The van der Waals surface area contributed by atoms with Crippen LogP contribution in [0.3, 0.4) is 0 Å². The molecule has 0 bridgehead atoms. The van der Waals surface area contributed by atoms with Crippen molar-refractivity contribution in [3.63, 3.8) is 0 Å². The zero-order valence-electron chi connectivity index (χ0n) is 6.12. The highest BCUT2D eigenvalue weighted by molar-refractivity contribution is 4.97. The molecule has 1 aromatic rings. The third-order valence-electron chi connectivity index (χ3n) is 1.40. The van der Waals surface area contributed by atoms with E-state index >= 15 is 0 Å². The second-order valence-electron chi connectivity index (χ2n) is 2.20. The highest BCUT2D eigenvalue weighted by Gasteiger charge is 1.96. The minimum Gasteiger partial charge on any atom is -0.390 e. The van der Waals surface area contributed by atoms with Gasteiger partial charge in [0.05, 0.1) is 12.3 Å². The van der Waals surface area contributed by atoms with Gasteiger partial charge in [-0.25, -0.2) is 0 Å². The molecule has 1 aromatic heterocycles. The molecule has 0 aromatic carbocycles.